The zero-order valence-corrected chi connectivity index (χ0v) is 12.6. The largest absolute Gasteiger partial charge is 0.497 e. The van der Waals surface area contributed by atoms with Gasteiger partial charge in [0.05, 0.1) is 19.3 Å². The van der Waals surface area contributed by atoms with Crippen LogP contribution in [-0.4, -0.2) is 20.5 Å². The van der Waals surface area contributed by atoms with Crippen LogP contribution >= 0.6 is 11.6 Å². The fraction of sp³-hybridized carbons (Fsp3) is 0.118. The van der Waals surface area contributed by atoms with E-state index < -0.39 is 0 Å². The van der Waals surface area contributed by atoms with Crippen molar-refractivity contribution in [2.75, 3.05) is 14.2 Å². The maximum atomic E-state index is 11.4. The molecular weight excluding hydrogens is 288 g/mol. The summed E-state index contributed by atoms with van der Waals surface area (Å²) in [6.45, 7) is 0. The highest BCUT2D eigenvalue weighted by Gasteiger charge is 2.09. The highest BCUT2D eigenvalue weighted by atomic mass is 35.5. The van der Waals surface area contributed by atoms with Gasteiger partial charge >= 0.3 is 0 Å². The third kappa shape index (κ3) is 3.44. The van der Waals surface area contributed by atoms with E-state index in [1.807, 2.05) is 12.1 Å². The lowest BCUT2D eigenvalue weighted by atomic mass is 10.0. The zero-order chi connectivity index (χ0) is 15.2. The quantitative estimate of drug-likeness (QED) is 0.475. The molecule has 2 aromatic rings. The zero-order valence-electron chi connectivity index (χ0n) is 11.8. The number of carbonyl (C=O) groups is 1. The van der Waals surface area contributed by atoms with Crippen molar-refractivity contribution < 1.29 is 14.3 Å². The van der Waals surface area contributed by atoms with Crippen LogP contribution in [0, 0.1) is 0 Å². The van der Waals surface area contributed by atoms with Crippen LogP contribution in [0.3, 0.4) is 0 Å². The van der Waals surface area contributed by atoms with Gasteiger partial charge in [0.25, 0.3) is 0 Å². The second-order valence-electron chi connectivity index (χ2n) is 4.30. The van der Waals surface area contributed by atoms with E-state index in [0.717, 1.165) is 28.9 Å². The first-order chi connectivity index (χ1) is 10.2. The molecule has 3 nitrogen and oxygen atoms in total. The summed E-state index contributed by atoms with van der Waals surface area (Å²) in [6, 6.07) is 14.4. The molecular formula is C17H15ClO3. The van der Waals surface area contributed by atoms with Gasteiger partial charge in [0.1, 0.15) is 11.5 Å². The van der Waals surface area contributed by atoms with Gasteiger partial charge in [-0.05, 0) is 47.5 Å². The topological polar surface area (TPSA) is 35.5 Å². The molecule has 0 amide bonds. The number of allylic oxidation sites excluding steroid dienone is 1. The predicted molar refractivity (Wildman–Crippen MR) is 84.7 cm³/mol. The van der Waals surface area contributed by atoms with Gasteiger partial charge < -0.3 is 9.47 Å². The number of hydrogen-bond acceptors (Lipinski definition) is 3. The van der Waals surface area contributed by atoms with Crippen LogP contribution in [0.5, 0.6) is 11.5 Å². The number of aldehydes is 1. The summed E-state index contributed by atoms with van der Waals surface area (Å²) < 4.78 is 10.2. The number of carbonyl (C=O) groups excluding carboxylic acids is 1. The van der Waals surface area contributed by atoms with E-state index in [9.17, 15) is 4.79 Å². The average Bonchev–Trinajstić information content (AvgIpc) is 2.56. The molecule has 0 spiro atoms. The van der Waals surface area contributed by atoms with E-state index >= 15 is 0 Å². The summed E-state index contributed by atoms with van der Waals surface area (Å²) in [4.78, 5) is 11.4. The summed E-state index contributed by atoms with van der Waals surface area (Å²) in [5, 5.41) is 0.401. The molecule has 0 saturated carbocycles. The summed E-state index contributed by atoms with van der Waals surface area (Å²) in [5.41, 5.74) is 1.94. The fourth-order valence-electron chi connectivity index (χ4n) is 1.91. The minimum atomic E-state index is 0.401. The Morgan fingerprint density at radius 2 is 1.29 bits per heavy atom. The van der Waals surface area contributed by atoms with Gasteiger partial charge in [0.2, 0.25) is 0 Å². The van der Waals surface area contributed by atoms with Crippen LogP contribution in [-0.2, 0) is 4.79 Å². The molecule has 0 aromatic heterocycles. The number of ether oxygens (including phenoxy) is 2. The first-order valence-electron chi connectivity index (χ1n) is 6.33. The number of hydrogen-bond donors (Lipinski definition) is 0. The van der Waals surface area contributed by atoms with Crippen molar-refractivity contribution in [2.24, 2.45) is 0 Å². The van der Waals surface area contributed by atoms with Crippen LogP contribution in [0.25, 0.3) is 10.6 Å². The fourth-order valence-corrected chi connectivity index (χ4v) is 2.19. The monoisotopic (exact) mass is 302 g/mol. The highest BCUT2D eigenvalue weighted by Crippen LogP contribution is 2.30. The van der Waals surface area contributed by atoms with E-state index in [1.165, 1.54) is 0 Å². The third-order valence-corrected chi connectivity index (χ3v) is 3.52. The smallest absolute Gasteiger partial charge is 0.152 e. The van der Waals surface area contributed by atoms with E-state index in [2.05, 4.69) is 0 Å². The number of benzene rings is 2. The number of halogens is 1. The van der Waals surface area contributed by atoms with Gasteiger partial charge in [-0.15, -0.1) is 0 Å². The summed E-state index contributed by atoms with van der Waals surface area (Å²) in [5.74, 6) is 1.46. The van der Waals surface area contributed by atoms with Crippen molar-refractivity contribution in [1.29, 1.82) is 0 Å². The Bertz CT molecular complexity index is 643. The maximum absolute atomic E-state index is 11.4. The van der Waals surface area contributed by atoms with E-state index in [4.69, 9.17) is 21.1 Å². The normalized spacial score (nSPS) is 11.6. The molecule has 0 radical (unpaired) electrons. The molecule has 2 rings (SSSR count). The molecule has 0 heterocycles. The number of methoxy groups -OCH3 is 2. The molecule has 0 aliphatic heterocycles. The van der Waals surface area contributed by atoms with E-state index in [1.54, 1.807) is 50.6 Å². The molecule has 2 aromatic carbocycles. The first kappa shape index (κ1) is 15.1. The Balaban J connectivity index is 2.41. The lowest BCUT2D eigenvalue weighted by Gasteiger charge is -2.07. The molecule has 21 heavy (non-hydrogen) atoms. The summed E-state index contributed by atoms with van der Waals surface area (Å²) >= 11 is 6.35. The molecule has 108 valence electrons. The maximum Gasteiger partial charge on any atom is 0.152 e. The van der Waals surface area contributed by atoms with Crippen molar-refractivity contribution >= 4 is 28.5 Å². The van der Waals surface area contributed by atoms with Gasteiger partial charge in [0, 0.05) is 5.57 Å². The van der Waals surface area contributed by atoms with Crippen molar-refractivity contribution in [3.05, 3.63) is 59.7 Å². The summed E-state index contributed by atoms with van der Waals surface area (Å²) in [6.07, 6.45) is 0.758. The van der Waals surface area contributed by atoms with Gasteiger partial charge in [-0.2, -0.15) is 0 Å². The summed E-state index contributed by atoms with van der Waals surface area (Å²) in [7, 11) is 3.19. The predicted octanol–water partition coefficient (Wildman–Crippen LogP) is 4.01. The molecule has 0 unspecified atom stereocenters. The average molecular weight is 303 g/mol. The minimum absolute atomic E-state index is 0.401. The first-order valence-corrected chi connectivity index (χ1v) is 6.71. The van der Waals surface area contributed by atoms with Crippen LogP contribution in [0.1, 0.15) is 11.1 Å². The Morgan fingerprint density at radius 1 is 0.857 bits per heavy atom. The van der Waals surface area contributed by atoms with Crippen LogP contribution in [0.15, 0.2) is 48.5 Å². The Hall–Kier alpha value is -2.26. The Kier molecular flexibility index (Phi) is 5.01. The van der Waals surface area contributed by atoms with Crippen molar-refractivity contribution in [1.82, 2.24) is 0 Å². The molecule has 4 heteroatoms. The molecule has 0 N–H and O–H groups in total. The molecule has 0 aliphatic rings. The van der Waals surface area contributed by atoms with Crippen LogP contribution in [0.4, 0.5) is 0 Å². The van der Waals surface area contributed by atoms with Crippen molar-refractivity contribution in [3.8, 4) is 11.5 Å². The standard InChI is InChI=1S/C17H15ClO3/c1-20-14-7-3-12(4-8-14)16(11-19)17(18)13-5-9-15(21-2)10-6-13/h3-11H,1-2H3/b17-16+. The van der Waals surface area contributed by atoms with Crippen LogP contribution < -0.4 is 9.47 Å². The third-order valence-electron chi connectivity index (χ3n) is 3.10. The second-order valence-corrected chi connectivity index (χ2v) is 4.68. The van der Waals surface area contributed by atoms with E-state index in [-0.39, 0.29) is 0 Å². The van der Waals surface area contributed by atoms with Crippen LogP contribution in [0.2, 0.25) is 0 Å². The lowest BCUT2D eigenvalue weighted by Crippen LogP contribution is -1.91. The van der Waals surface area contributed by atoms with Gasteiger partial charge in [-0.25, -0.2) is 0 Å². The Morgan fingerprint density at radius 3 is 1.67 bits per heavy atom. The minimum Gasteiger partial charge on any atom is -0.497 e. The van der Waals surface area contributed by atoms with Crippen molar-refractivity contribution in [3.63, 3.8) is 0 Å². The highest BCUT2D eigenvalue weighted by molar-refractivity contribution is 6.55. The Labute approximate surface area is 128 Å². The van der Waals surface area contributed by atoms with Gasteiger partial charge in [-0.3, -0.25) is 4.79 Å². The second kappa shape index (κ2) is 6.95. The molecule has 0 fully saturated rings. The van der Waals surface area contributed by atoms with Gasteiger partial charge in [0.15, 0.2) is 6.29 Å². The molecule has 0 saturated heterocycles. The molecule has 0 atom stereocenters. The molecule has 0 bridgehead atoms. The van der Waals surface area contributed by atoms with Gasteiger partial charge in [-0.1, -0.05) is 23.7 Å². The SMILES string of the molecule is COc1ccc(/C(Cl)=C(/C=O)c2ccc(OC)cc2)cc1. The number of rotatable bonds is 5. The lowest BCUT2D eigenvalue weighted by molar-refractivity contribution is -0.103. The van der Waals surface area contributed by atoms with Crippen molar-refractivity contribution in [2.45, 2.75) is 0 Å². The van der Waals surface area contributed by atoms with E-state index in [0.29, 0.717) is 10.6 Å². The molecule has 0 aliphatic carbocycles.